The van der Waals surface area contributed by atoms with Crippen molar-refractivity contribution in [1.82, 2.24) is 0 Å². The monoisotopic (exact) mass is 256 g/mol. The van der Waals surface area contributed by atoms with E-state index in [0.29, 0.717) is 0 Å². The molecule has 0 saturated carbocycles. The fourth-order valence-corrected chi connectivity index (χ4v) is 3.75. The highest BCUT2D eigenvalue weighted by Crippen LogP contribution is 2.28. The van der Waals surface area contributed by atoms with Crippen molar-refractivity contribution < 1.29 is 0 Å². The van der Waals surface area contributed by atoms with Crippen molar-refractivity contribution in [2.75, 3.05) is 0 Å². The summed E-state index contributed by atoms with van der Waals surface area (Å²) >= 11 is 0. The van der Waals surface area contributed by atoms with Gasteiger partial charge in [0.25, 0.3) is 0 Å². The molecule has 18 heavy (non-hydrogen) atoms. The molecule has 0 radical (unpaired) electrons. The molecule has 0 amide bonds. The molecular weight excluding hydrogens is 232 g/mol. The number of hydrogen-bond donors (Lipinski definition) is 0. The molecule has 0 nitrogen and oxygen atoms in total. The summed E-state index contributed by atoms with van der Waals surface area (Å²) in [5.41, 5.74) is 5.83. The molecule has 0 heterocycles. The third-order valence-corrected chi connectivity index (χ3v) is 5.89. The van der Waals surface area contributed by atoms with Gasteiger partial charge in [-0.15, -0.1) is 0 Å². The highest BCUT2D eigenvalue weighted by Gasteiger charge is 2.21. The van der Waals surface area contributed by atoms with Gasteiger partial charge >= 0.3 is 0 Å². The van der Waals surface area contributed by atoms with Crippen LogP contribution in [0.1, 0.15) is 23.1 Å². The minimum Gasteiger partial charge on any atom is -0.0812 e. The molecule has 0 fully saturated rings. The standard InChI is InChI=1S/C17H24Si/c1-13-6-7-15(10-14(13)2)11-16-8-9-17(12-16)18(3,4)5/h6-7,9-10,12H,8,11H2,1-5H3. The van der Waals surface area contributed by atoms with E-state index in [1.165, 1.54) is 16.7 Å². The number of rotatable bonds is 3. The zero-order chi connectivity index (χ0) is 13.3. The van der Waals surface area contributed by atoms with E-state index in [1.54, 1.807) is 10.8 Å². The van der Waals surface area contributed by atoms with E-state index >= 15 is 0 Å². The highest BCUT2D eigenvalue weighted by atomic mass is 28.3. The Kier molecular flexibility index (Phi) is 3.63. The van der Waals surface area contributed by atoms with E-state index in [1.807, 2.05) is 0 Å². The van der Waals surface area contributed by atoms with E-state index < -0.39 is 8.07 Å². The number of hydrogen-bond acceptors (Lipinski definition) is 0. The maximum Gasteiger partial charge on any atom is 0.0771 e. The summed E-state index contributed by atoms with van der Waals surface area (Å²) in [6, 6.07) is 6.85. The fraction of sp³-hybridized carbons (Fsp3) is 0.412. The first-order chi connectivity index (χ1) is 8.36. The van der Waals surface area contributed by atoms with E-state index in [2.05, 4.69) is 63.8 Å². The van der Waals surface area contributed by atoms with Gasteiger partial charge in [-0.25, -0.2) is 0 Å². The van der Waals surface area contributed by atoms with Gasteiger partial charge in [-0.1, -0.05) is 60.8 Å². The molecule has 0 atom stereocenters. The van der Waals surface area contributed by atoms with Crippen LogP contribution < -0.4 is 0 Å². The Morgan fingerprint density at radius 2 is 1.78 bits per heavy atom. The van der Waals surface area contributed by atoms with Crippen molar-refractivity contribution in [3.05, 3.63) is 57.8 Å². The van der Waals surface area contributed by atoms with Crippen LogP contribution in [0, 0.1) is 13.8 Å². The third kappa shape index (κ3) is 3.02. The minimum absolute atomic E-state index is 1.12. The van der Waals surface area contributed by atoms with Gasteiger partial charge in [0.15, 0.2) is 0 Å². The lowest BCUT2D eigenvalue weighted by molar-refractivity contribution is 1.08. The Hall–Kier alpha value is -1.08. The fourth-order valence-electron chi connectivity index (χ4n) is 2.40. The van der Waals surface area contributed by atoms with Crippen molar-refractivity contribution in [1.29, 1.82) is 0 Å². The minimum atomic E-state index is -1.12. The second kappa shape index (κ2) is 4.89. The van der Waals surface area contributed by atoms with Crippen LogP contribution in [0.15, 0.2) is 41.1 Å². The van der Waals surface area contributed by atoms with Crippen molar-refractivity contribution in [2.24, 2.45) is 0 Å². The van der Waals surface area contributed by atoms with Crippen LogP contribution >= 0.6 is 0 Å². The quantitative estimate of drug-likeness (QED) is 0.669. The summed E-state index contributed by atoms with van der Waals surface area (Å²) in [7, 11) is -1.12. The molecule has 1 aromatic carbocycles. The van der Waals surface area contributed by atoms with E-state index in [9.17, 15) is 0 Å². The third-order valence-electron chi connectivity index (χ3n) is 3.81. The van der Waals surface area contributed by atoms with E-state index in [-0.39, 0.29) is 0 Å². The number of allylic oxidation sites excluding steroid dienone is 4. The van der Waals surface area contributed by atoms with Crippen LogP contribution in [-0.2, 0) is 6.42 Å². The van der Waals surface area contributed by atoms with Crippen LogP contribution in [0.3, 0.4) is 0 Å². The predicted molar refractivity (Wildman–Crippen MR) is 83.7 cm³/mol. The van der Waals surface area contributed by atoms with Crippen molar-refractivity contribution >= 4 is 8.07 Å². The van der Waals surface area contributed by atoms with Gasteiger partial charge in [0.2, 0.25) is 0 Å². The van der Waals surface area contributed by atoms with E-state index in [4.69, 9.17) is 0 Å². The Morgan fingerprint density at radius 3 is 2.33 bits per heavy atom. The lowest BCUT2D eigenvalue weighted by atomic mass is 10.0. The molecule has 96 valence electrons. The van der Waals surface area contributed by atoms with Gasteiger partial charge in [-0.3, -0.25) is 0 Å². The first-order valence-electron chi connectivity index (χ1n) is 6.82. The van der Waals surface area contributed by atoms with Crippen molar-refractivity contribution in [3.8, 4) is 0 Å². The molecule has 0 aromatic heterocycles. The second-order valence-electron chi connectivity index (χ2n) is 6.51. The van der Waals surface area contributed by atoms with Crippen molar-refractivity contribution in [3.63, 3.8) is 0 Å². The van der Waals surface area contributed by atoms with Gasteiger partial charge in [-0.05, 0) is 43.4 Å². The lowest BCUT2D eigenvalue weighted by Crippen LogP contribution is -2.21. The molecule has 1 aliphatic rings. The lowest BCUT2D eigenvalue weighted by Gasteiger charge is -2.15. The zero-order valence-electron chi connectivity index (χ0n) is 12.3. The SMILES string of the molecule is Cc1ccc(CC2=CC([Si](C)(C)C)=CC2)cc1C. The summed E-state index contributed by atoms with van der Waals surface area (Å²) in [6.07, 6.45) is 7.18. The topological polar surface area (TPSA) is 0 Å². The summed E-state index contributed by atoms with van der Waals surface area (Å²) < 4.78 is 0. The highest BCUT2D eigenvalue weighted by molar-refractivity contribution is 6.83. The summed E-state index contributed by atoms with van der Waals surface area (Å²) in [5.74, 6) is 0. The largest absolute Gasteiger partial charge is 0.0812 e. The molecular formula is C17H24Si. The Labute approximate surface area is 112 Å². The molecule has 0 aliphatic heterocycles. The zero-order valence-corrected chi connectivity index (χ0v) is 13.3. The van der Waals surface area contributed by atoms with Crippen LogP contribution in [-0.4, -0.2) is 8.07 Å². The average molecular weight is 256 g/mol. The Balaban J connectivity index is 2.11. The summed E-state index contributed by atoms with van der Waals surface area (Å²) in [5, 5.41) is 1.63. The molecule has 0 unspecified atom stereocenters. The number of benzene rings is 1. The number of aryl methyl sites for hydroxylation is 2. The van der Waals surface area contributed by atoms with Gasteiger partial charge in [-0.2, -0.15) is 0 Å². The second-order valence-corrected chi connectivity index (χ2v) is 11.6. The molecule has 1 aliphatic carbocycles. The molecule has 0 saturated heterocycles. The van der Waals surface area contributed by atoms with Crippen molar-refractivity contribution in [2.45, 2.75) is 46.3 Å². The normalized spacial score (nSPS) is 15.6. The van der Waals surface area contributed by atoms with Gasteiger partial charge < -0.3 is 0 Å². The maximum absolute atomic E-state index is 2.46. The smallest absolute Gasteiger partial charge is 0.0771 e. The first kappa shape index (κ1) is 13.4. The van der Waals surface area contributed by atoms with E-state index in [0.717, 1.165) is 12.8 Å². The van der Waals surface area contributed by atoms with Gasteiger partial charge in [0.05, 0.1) is 8.07 Å². The molecule has 1 aromatic rings. The molecule has 2 rings (SSSR count). The first-order valence-corrected chi connectivity index (χ1v) is 10.3. The molecule has 0 bridgehead atoms. The Morgan fingerprint density at radius 1 is 1.06 bits per heavy atom. The summed E-state index contributed by atoms with van der Waals surface area (Å²) in [4.78, 5) is 0. The summed E-state index contributed by atoms with van der Waals surface area (Å²) in [6.45, 7) is 11.7. The average Bonchev–Trinajstić information content (AvgIpc) is 2.72. The van der Waals surface area contributed by atoms with Gasteiger partial charge in [0, 0.05) is 0 Å². The Bertz CT molecular complexity index is 513. The maximum atomic E-state index is 2.46. The van der Waals surface area contributed by atoms with Crippen LogP contribution in [0.25, 0.3) is 0 Å². The van der Waals surface area contributed by atoms with Crippen LogP contribution in [0.2, 0.25) is 19.6 Å². The molecule has 0 N–H and O–H groups in total. The van der Waals surface area contributed by atoms with Crippen LogP contribution in [0.4, 0.5) is 0 Å². The predicted octanol–water partition coefficient (Wildman–Crippen LogP) is 4.98. The molecule has 0 spiro atoms. The molecule has 1 heteroatoms. The van der Waals surface area contributed by atoms with Crippen LogP contribution in [0.5, 0.6) is 0 Å². The van der Waals surface area contributed by atoms with Gasteiger partial charge in [0.1, 0.15) is 0 Å².